The summed E-state index contributed by atoms with van der Waals surface area (Å²) in [5.41, 5.74) is 3.38. The van der Waals surface area contributed by atoms with Gasteiger partial charge < -0.3 is 14.8 Å². The molecule has 2 rings (SSSR count). The first-order chi connectivity index (χ1) is 13.3. The van der Waals surface area contributed by atoms with E-state index in [0.717, 1.165) is 17.5 Å². The molecule has 0 heterocycles. The predicted octanol–water partition coefficient (Wildman–Crippen LogP) is 5.28. The summed E-state index contributed by atoms with van der Waals surface area (Å²) in [6.07, 6.45) is 4.19. The van der Waals surface area contributed by atoms with E-state index in [1.807, 2.05) is 43.3 Å². The van der Waals surface area contributed by atoms with Gasteiger partial charge in [0.25, 0.3) is 0 Å². The molecule has 0 aliphatic carbocycles. The minimum Gasteiger partial charge on any atom is -0.493 e. The minimum atomic E-state index is -0.124. The van der Waals surface area contributed by atoms with Gasteiger partial charge in [-0.05, 0) is 46.7 Å². The number of amides is 1. The average molecular weight is 382 g/mol. The first kappa shape index (κ1) is 21.5. The van der Waals surface area contributed by atoms with Crippen LogP contribution < -0.4 is 14.8 Å². The zero-order valence-electron chi connectivity index (χ0n) is 17.7. The van der Waals surface area contributed by atoms with Crippen molar-refractivity contribution in [1.82, 2.24) is 5.32 Å². The molecule has 0 saturated heterocycles. The summed E-state index contributed by atoms with van der Waals surface area (Å²) < 4.78 is 10.6. The highest BCUT2D eigenvalue weighted by atomic mass is 16.5. The minimum absolute atomic E-state index is 0.0970. The van der Waals surface area contributed by atoms with Gasteiger partial charge in [0.05, 0.1) is 20.3 Å². The van der Waals surface area contributed by atoms with Crippen LogP contribution in [0.2, 0.25) is 0 Å². The zero-order chi connectivity index (χ0) is 20.7. The van der Waals surface area contributed by atoms with Gasteiger partial charge in [0.15, 0.2) is 11.5 Å². The van der Waals surface area contributed by atoms with Gasteiger partial charge in [0.2, 0.25) is 5.91 Å². The summed E-state index contributed by atoms with van der Waals surface area (Å²) in [5.74, 6) is 1.20. The van der Waals surface area contributed by atoms with E-state index in [1.165, 1.54) is 5.56 Å². The number of carbonyl (C=O) groups excluding carboxylic acids is 1. The monoisotopic (exact) mass is 381 g/mol. The van der Waals surface area contributed by atoms with Gasteiger partial charge in [0.1, 0.15) is 0 Å². The first-order valence-corrected chi connectivity index (χ1v) is 9.59. The van der Waals surface area contributed by atoms with Crippen LogP contribution in [0.25, 0.3) is 6.08 Å². The number of carbonyl (C=O) groups is 1. The van der Waals surface area contributed by atoms with Gasteiger partial charge >= 0.3 is 0 Å². The van der Waals surface area contributed by atoms with Gasteiger partial charge in [-0.1, -0.05) is 58.0 Å². The van der Waals surface area contributed by atoms with Crippen molar-refractivity contribution in [2.75, 3.05) is 14.2 Å². The fourth-order valence-electron chi connectivity index (χ4n) is 2.98. The molecule has 0 spiro atoms. The van der Waals surface area contributed by atoms with Crippen LogP contribution in [0.4, 0.5) is 0 Å². The highest BCUT2D eigenvalue weighted by molar-refractivity contribution is 5.92. The van der Waals surface area contributed by atoms with E-state index >= 15 is 0 Å². The largest absolute Gasteiger partial charge is 0.493 e. The smallest absolute Gasteiger partial charge is 0.244 e. The van der Waals surface area contributed by atoms with E-state index in [4.69, 9.17) is 9.47 Å². The molecule has 0 unspecified atom stereocenters. The maximum atomic E-state index is 12.4. The summed E-state index contributed by atoms with van der Waals surface area (Å²) in [6, 6.07) is 13.9. The highest BCUT2D eigenvalue weighted by Crippen LogP contribution is 2.30. The lowest BCUT2D eigenvalue weighted by molar-refractivity contribution is -0.117. The van der Waals surface area contributed by atoms with Crippen LogP contribution in [0.15, 0.2) is 48.5 Å². The van der Waals surface area contributed by atoms with Crippen LogP contribution in [-0.2, 0) is 10.2 Å². The van der Waals surface area contributed by atoms with Crippen molar-refractivity contribution in [3.63, 3.8) is 0 Å². The maximum absolute atomic E-state index is 12.4. The van der Waals surface area contributed by atoms with E-state index in [2.05, 4.69) is 38.2 Å². The Morgan fingerprint density at radius 3 is 2.21 bits per heavy atom. The topological polar surface area (TPSA) is 47.6 Å². The fourth-order valence-corrected chi connectivity index (χ4v) is 2.98. The second-order valence-corrected chi connectivity index (χ2v) is 7.79. The maximum Gasteiger partial charge on any atom is 0.244 e. The Bertz CT molecular complexity index is 817. The van der Waals surface area contributed by atoms with Crippen molar-refractivity contribution >= 4 is 12.0 Å². The molecule has 1 N–H and O–H groups in total. The molecular formula is C24H31NO3. The second-order valence-electron chi connectivity index (χ2n) is 7.79. The number of hydrogen-bond donors (Lipinski definition) is 1. The molecule has 1 amide bonds. The normalized spacial score (nSPS) is 12.6. The van der Waals surface area contributed by atoms with Crippen LogP contribution in [0.1, 0.15) is 56.8 Å². The predicted molar refractivity (Wildman–Crippen MR) is 115 cm³/mol. The molecule has 2 aromatic carbocycles. The Balaban J connectivity index is 2.07. The second kappa shape index (κ2) is 9.45. The van der Waals surface area contributed by atoms with Crippen LogP contribution in [0.3, 0.4) is 0 Å². The summed E-state index contributed by atoms with van der Waals surface area (Å²) in [7, 11) is 3.21. The molecule has 0 aliphatic heterocycles. The highest BCUT2D eigenvalue weighted by Gasteiger charge is 2.15. The van der Waals surface area contributed by atoms with Crippen LogP contribution in [0, 0.1) is 0 Å². The third kappa shape index (κ3) is 5.62. The lowest BCUT2D eigenvalue weighted by Crippen LogP contribution is -2.26. The van der Waals surface area contributed by atoms with Crippen molar-refractivity contribution in [3.8, 4) is 11.5 Å². The molecule has 0 saturated carbocycles. The molecule has 0 radical (unpaired) electrons. The Morgan fingerprint density at radius 1 is 1.04 bits per heavy atom. The Morgan fingerprint density at radius 2 is 1.68 bits per heavy atom. The molecule has 4 nitrogen and oxygen atoms in total. The van der Waals surface area contributed by atoms with Crippen LogP contribution in [0.5, 0.6) is 11.5 Å². The van der Waals surface area contributed by atoms with Crippen molar-refractivity contribution < 1.29 is 14.3 Å². The molecule has 150 valence electrons. The van der Waals surface area contributed by atoms with Gasteiger partial charge in [-0.25, -0.2) is 0 Å². The SMILES string of the molecule is CC[C@@H](NC(=O)/C=C/c1ccc(C(C)(C)C)cc1)c1ccc(OC)c(OC)c1. The molecule has 0 fully saturated rings. The third-order valence-electron chi connectivity index (χ3n) is 4.74. The van der Waals surface area contributed by atoms with Gasteiger partial charge in [-0.15, -0.1) is 0 Å². The van der Waals surface area contributed by atoms with Crippen molar-refractivity contribution in [2.45, 2.75) is 45.6 Å². The van der Waals surface area contributed by atoms with E-state index in [0.29, 0.717) is 11.5 Å². The number of benzene rings is 2. The standard InChI is InChI=1S/C24H31NO3/c1-7-20(18-11-14-21(27-5)22(16-18)28-6)25-23(26)15-10-17-8-12-19(13-9-17)24(2,3)4/h8-16,20H,7H2,1-6H3,(H,25,26)/b15-10+/t20-/m1/s1. The molecule has 0 aromatic heterocycles. The number of rotatable bonds is 7. The fraction of sp³-hybridized carbons (Fsp3) is 0.375. The van der Waals surface area contributed by atoms with Crippen molar-refractivity contribution in [1.29, 1.82) is 0 Å². The first-order valence-electron chi connectivity index (χ1n) is 9.59. The average Bonchev–Trinajstić information content (AvgIpc) is 2.69. The van der Waals surface area contributed by atoms with E-state index in [9.17, 15) is 4.79 Å². The van der Waals surface area contributed by atoms with Crippen molar-refractivity contribution in [2.24, 2.45) is 0 Å². The summed E-state index contributed by atoms with van der Waals surface area (Å²) >= 11 is 0. The van der Waals surface area contributed by atoms with Crippen LogP contribution in [-0.4, -0.2) is 20.1 Å². The summed E-state index contributed by atoms with van der Waals surface area (Å²) in [6.45, 7) is 8.59. The van der Waals surface area contributed by atoms with E-state index in [-0.39, 0.29) is 17.4 Å². The number of ether oxygens (including phenoxy) is 2. The molecule has 0 bridgehead atoms. The lowest BCUT2D eigenvalue weighted by atomic mass is 9.87. The van der Waals surface area contributed by atoms with Gasteiger partial charge in [0, 0.05) is 6.08 Å². The van der Waals surface area contributed by atoms with E-state index < -0.39 is 0 Å². The number of nitrogens with one attached hydrogen (secondary N) is 1. The molecule has 1 atom stereocenters. The quantitative estimate of drug-likeness (QED) is 0.664. The number of hydrogen-bond acceptors (Lipinski definition) is 3. The third-order valence-corrected chi connectivity index (χ3v) is 4.74. The molecule has 0 aliphatic rings. The summed E-state index contributed by atoms with van der Waals surface area (Å²) in [5, 5.41) is 3.06. The molecule has 2 aromatic rings. The van der Waals surface area contributed by atoms with E-state index in [1.54, 1.807) is 20.3 Å². The Labute approximate surface area is 168 Å². The van der Waals surface area contributed by atoms with Gasteiger partial charge in [-0.2, -0.15) is 0 Å². The van der Waals surface area contributed by atoms with Crippen molar-refractivity contribution in [3.05, 3.63) is 65.2 Å². The Hall–Kier alpha value is -2.75. The number of methoxy groups -OCH3 is 2. The van der Waals surface area contributed by atoms with Crippen LogP contribution >= 0.6 is 0 Å². The lowest BCUT2D eigenvalue weighted by Gasteiger charge is -2.19. The summed E-state index contributed by atoms with van der Waals surface area (Å²) in [4.78, 5) is 12.4. The Kier molecular flexibility index (Phi) is 7.27. The van der Waals surface area contributed by atoms with Gasteiger partial charge in [-0.3, -0.25) is 4.79 Å². The zero-order valence-corrected chi connectivity index (χ0v) is 17.7. The molecular weight excluding hydrogens is 350 g/mol. The molecule has 4 heteroatoms. The molecule has 28 heavy (non-hydrogen) atoms.